The number of phenolic OH excluding ortho intramolecular Hbond substituents is 1. The summed E-state index contributed by atoms with van der Waals surface area (Å²) in [6.07, 6.45) is 6.69. The van der Waals surface area contributed by atoms with Crippen molar-refractivity contribution in [1.82, 2.24) is 19.8 Å². The number of carbonyl (C=O) groups excluding carboxylic acids is 2. The van der Waals surface area contributed by atoms with Gasteiger partial charge in [-0.1, -0.05) is 0 Å². The Bertz CT molecular complexity index is 891. The van der Waals surface area contributed by atoms with Gasteiger partial charge in [0.1, 0.15) is 5.75 Å². The van der Waals surface area contributed by atoms with Crippen LogP contribution in [0.3, 0.4) is 0 Å². The van der Waals surface area contributed by atoms with E-state index in [1.54, 1.807) is 24.5 Å². The van der Waals surface area contributed by atoms with Crippen LogP contribution in [0.15, 0.2) is 36.7 Å². The maximum atomic E-state index is 13.0. The number of likely N-dealkylation sites (tertiary alicyclic amines) is 2. The predicted octanol–water partition coefficient (Wildman–Crippen LogP) is 2.54. The molecule has 1 atom stereocenters. The Balaban J connectivity index is 1.47. The average Bonchev–Trinajstić information content (AvgIpc) is 2.73. The molecule has 3 heterocycles. The second kappa shape index (κ2) is 7.81. The van der Waals surface area contributed by atoms with Crippen molar-refractivity contribution < 1.29 is 14.7 Å². The average molecular weight is 394 g/mol. The molecule has 0 saturated carbocycles. The van der Waals surface area contributed by atoms with Gasteiger partial charge in [-0.05, 0) is 50.5 Å². The van der Waals surface area contributed by atoms with Gasteiger partial charge in [-0.15, -0.1) is 0 Å². The highest BCUT2D eigenvalue weighted by Crippen LogP contribution is 2.39. The molecule has 152 valence electrons. The van der Waals surface area contributed by atoms with E-state index in [0.717, 1.165) is 37.2 Å². The molecule has 4 rings (SSSR count). The van der Waals surface area contributed by atoms with Crippen LogP contribution in [-0.4, -0.2) is 56.3 Å². The van der Waals surface area contributed by atoms with E-state index in [2.05, 4.69) is 9.97 Å². The van der Waals surface area contributed by atoms with Gasteiger partial charge in [0.05, 0.1) is 24.1 Å². The van der Waals surface area contributed by atoms with Gasteiger partial charge < -0.3 is 14.9 Å². The van der Waals surface area contributed by atoms with Crippen LogP contribution < -0.4 is 0 Å². The third kappa shape index (κ3) is 4.23. The molecule has 2 fully saturated rings. The summed E-state index contributed by atoms with van der Waals surface area (Å²) >= 11 is 0. The number of aryl methyl sites for hydroxylation is 1. The van der Waals surface area contributed by atoms with Crippen LogP contribution in [0.5, 0.6) is 5.75 Å². The van der Waals surface area contributed by atoms with Crippen LogP contribution in [0, 0.1) is 12.3 Å². The second-order valence-electron chi connectivity index (χ2n) is 8.28. The van der Waals surface area contributed by atoms with Crippen molar-refractivity contribution in [1.29, 1.82) is 0 Å². The first-order chi connectivity index (χ1) is 13.9. The molecule has 0 unspecified atom stereocenters. The number of phenols is 1. The monoisotopic (exact) mass is 394 g/mol. The number of carbonyl (C=O) groups is 2. The van der Waals surface area contributed by atoms with E-state index in [4.69, 9.17) is 0 Å². The van der Waals surface area contributed by atoms with Crippen LogP contribution in [0.2, 0.25) is 0 Å². The summed E-state index contributed by atoms with van der Waals surface area (Å²) in [5.74, 6) is 0.272. The lowest BCUT2D eigenvalue weighted by Gasteiger charge is -2.48. The molecule has 1 aromatic heterocycles. The maximum absolute atomic E-state index is 13.0. The molecule has 2 aliphatic rings. The molecule has 7 nitrogen and oxygen atoms in total. The van der Waals surface area contributed by atoms with E-state index in [1.165, 1.54) is 12.1 Å². The molecule has 2 amide bonds. The second-order valence-corrected chi connectivity index (χ2v) is 8.28. The van der Waals surface area contributed by atoms with Crippen LogP contribution in [0.4, 0.5) is 0 Å². The highest BCUT2D eigenvalue weighted by molar-refractivity contribution is 5.94. The number of benzene rings is 1. The van der Waals surface area contributed by atoms with E-state index in [9.17, 15) is 14.7 Å². The molecule has 29 heavy (non-hydrogen) atoms. The Kier molecular flexibility index (Phi) is 5.22. The fourth-order valence-electron chi connectivity index (χ4n) is 4.44. The van der Waals surface area contributed by atoms with Gasteiger partial charge in [-0.2, -0.15) is 0 Å². The molecule has 1 spiro atoms. The summed E-state index contributed by atoms with van der Waals surface area (Å²) in [6.45, 7) is 4.36. The molecule has 0 bridgehead atoms. The zero-order valence-electron chi connectivity index (χ0n) is 16.7. The lowest BCUT2D eigenvalue weighted by Crippen LogP contribution is -2.54. The number of aromatic hydroxyl groups is 1. The zero-order chi connectivity index (χ0) is 20.4. The van der Waals surface area contributed by atoms with Crippen molar-refractivity contribution in [2.24, 2.45) is 5.41 Å². The highest BCUT2D eigenvalue weighted by Gasteiger charge is 2.42. The lowest BCUT2D eigenvalue weighted by atomic mass is 9.73. The number of amides is 2. The first-order valence-corrected chi connectivity index (χ1v) is 10.1. The van der Waals surface area contributed by atoms with Crippen LogP contribution in [0.1, 0.15) is 47.4 Å². The summed E-state index contributed by atoms with van der Waals surface area (Å²) in [7, 11) is 0. The Hall–Kier alpha value is -2.96. The molecule has 2 aliphatic heterocycles. The summed E-state index contributed by atoms with van der Waals surface area (Å²) < 4.78 is 0. The quantitative estimate of drug-likeness (QED) is 0.865. The maximum Gasteiger partial charge on any atom is 0.253 e. The lowest BCUT2D eigenvalue weighted by molar-refractivity contribution is -0.139. The predicted molar refractivity (Wildman–Crippen MR) is 107 cm³/mol. The zero-order valence-corrected chi connectivity index (χ0v) is 16.7. The van der Waals surface area contributed by atoms with Crippen molar-refractivity contribution in [3.8, 4) is 5.75 Å². The molecule has 2 aromatic rings. The minimum absolute atomic E-state index is 0.0167. The minimum atomic E-state index is -0.0726. The van der Waals surface area contributed by atoms with Gasteiger partial charge in [0, 0.05) is 43.2 Å². The van der Waals surface area contributed by atoms with Gasteiger partial charge in [-0.3, -0.25) is 19.6 Å². The molecule has 1 N–H and O–H groups in total. The largest absolute Gasteiger partial charge is 0.508 e. The van der Waals surface area contributed by atoms with Crippen molar-refractivity contribution >= 4 is 11.8 Å². The Morgan fingerprint density at radius 3 is 2.66 bits per heavy atom. The normalized spacial score (nSPS) is 22.2. The third-order valence-corrected chi connectivity index (χ3v) is 6.00. The summed E-state index contributed by atoms with van der Waals surface area (Å²) in [6, 6.07) is 6.39. The Morgan fingerprint density at radius 2 is 1.93 bits per heavy atom. The molecular weight excluding hydrogens is 368 g/mol. The first kappa shape index (κ1) is 19.4. The van der Waals surface area contributed by atoms with E-state index >= 15 is 0 Å². The SMILES string of the molecule is Cc1cnc(CN2C[C@@]3(CCCN(C(=O)c4ccc(O)cc4)C3)CCC2=O)cn1. The number of rotatable bonds is 3. The van der Waals surface area contributed by atoms with Crippen LogP contribution in [-0.2, 0) is 11.3 Å². The van der Waals surface area contributed by atoms with Crippen LogP contribution in [0.25, 0.3) is 0 Å². The van der Waals surface area contributed by atoms with Crippen LogP contribution >= 0.6 is 0 Å². The minimum Gasteiger partial charge on any atom is -0.508 e. The smallest absolute Gasteiger partial charge is 0.253 e. The number of hydrogen-bond acceptors (Lipinski definition) is 5. The molecule has 7 heteroatoms. The van der Waals surface area contributed by atoms with Crippen molar-refractivity contribution in [2.75, 3.05) is 19.6 Å². The van der Waals surface area contributed by atoms with E-state index in [1.807, 2.05) is 16.7 Å². The summed E-state index contributed by atoms with van der Waals surface area (Å²) in [4.78, 5) is 37.9. The summed E-state index contributed by atoms with van der Waals surface area (Å²) in [5.41, 5.74) is 2.15. The number of aromatic nitrogens is 2. The fourth-order valence-corrected chi connectivity index (χ4v) is 4.44. The van der Waals surface area contributed by atoms with Gasteiger partial charge in [0.2, 0.25) is 5.91 Å². The van der Waals surface area contributed by atoms with Gasteiger partial charge >= 0.3 is 0 Å². The molecule has 0 radical (unpaired) electrons. The Morgan fingerprint density at radius 1 is 1.14 bits per heavy atom. The molecule has 1 aromatic carbocycles. The number of hydrogen-bond donors (Lipinski definition) is 1. The molecule has 0 aliphatic carbocycles. The van der Waals surface area contributed by atoms with Gasteiger partial charge in [-0.25, -0.2) is 0 Å². The van der Waals surface area contributed by atoms with Crippen molar-refractivity contribution in [3.05, 3.63) is 53.6 Å². The number of nitrogens with zero attached hydrogens (tertiary/aromatic N) is 4. The molecular formula is C22H26N4O3. The van der Waals surface area contributed by atoms with Gasteiger partial charge in [0.15, 0.2) is 0 Å². The highest BCUT2D eigenvalue weighted by atomic mass is 16.3. The topological polar surface area (TPSA) is 86.6 Å². The standard InChI is InChI=1S/C22H26N4O3/c1-16-11-24-18(12-23-16)13-26-15-22(9-7-20(26)28)8-2-10-25(14-22)21(29)17-3-5-19(27)6-4-17/h3-6,11-12,27H,2,7-10,13-15H2,1H3/t22-/m0/s1. The Labute approximate surface area is 170 Å². The van der Waals surface area contributed by atoms with E-state index in [-0.39, 0.29) is 23.0 Å². The van der Waals surface area contributed by atoms with E-state index < -0.39 is 0 Å². The van der Waals surface area contributed by atoms with Gasteiger partial charge in [0.25, 0.3) is 5.91 Å². The molecule has 2 saturated heterocycles. The van der Waals surface area contributed by atoms with E-state index in [0.29, 0.717) is 31.6 Å². The number of piperidine rings is 2. The van der Waals surface area contributed by atoms with Crippen molar-refractivity contribution in [2.45, 2.75) is 39.2 Å². The first-order valence-electron chi connectivity index (χ1n) is 10.1. The summed E-state index contributed by atoms with van der Waals surface area (Å²) in [5, 5.41) is 9.47. The van der Waals surface area contributed by atoms with Crippen molar-refractivity contribution in [3.63, 3.8) is 0 Å². The fraction of sp³-hybridized carbons (Fsp3) is 0.455. The third-order valence-electron chi connectivity index (χ3n) is 6.00.